The van der Waals surface area contributed by atoms with Crippen molar-refractivity contribution in [2.45, 2.75) is 13.2 Å². The lowest BCUT2D eigenvalue weighted by Crippen LogP contribution is -2.31. The maximum absolute atomic E-state index is 5.66. The zero-order valence-corrected chi connectivity index (χ0v) is 10.1. The van der Waals surface area contributed by atoms with E-state index >= 15 is 0 Å². The van der Waals surface area contributed by atoms with Crippen LogP contribution in [0.3, 0.4) is 0 Å². The molecule has 0 amide bonds. The third-order valence-electron chi connectivity index (χ3n) is 2.19. The highest BCUT2D eigenvalue weighted by Gasteiger charge is 1.94. The molecule has 1 aromatic carbocycles. The number of ether oxygens (including phenoxy) is 1. The number of benzene rings is 1. The van der Waals surface area contributed by atoms with Crippen molar-refractivity contribution in [2.75, 3.05) is 13.7 Å². The van der Waals surface area contributed by atoms with Gasteiger partial charge in [0.05, 0.1) is 13.2 Å². The summed E-state index contributed by atoms with van der Waals surface area (Å²) in [5.41, 5.74) is 7.93. The van der Waals surface area contributed by atoms with E-state index in [1.807, 2.05) is 24.3 Å². The molecule has 3 N–H and O–H groups in total. The fraction of sp³-hybridized carbons (Fsp3) is 0.308. The first-order valence-electron chi connectivity index (χ1n) is 5.47. The van der Waals surface area contributed by atoms with Crippen molar-refractivity contribution >= 4 is 5.96 Å². The highest BCUT2D eigenvalue weighted by molar-refractivity contribution is 5.77. The van der Waals surface area contributed by atoms with Gasteiger partial charge in [-0.05, 0) is 11.1 Å². The number of hydrogen-bond donors (Lipinski definition) is 2. The molecular weight excluding hydrogens is 214 g/mol. The first-order valence-corrected chi connectivity index (χ1v) is 5.47. The molecule has 0 aliphatic rings. The van der Waals surface area contributed by atoms with Gasteiger partial charge in [0.25, 0.3) is 0 Å². The molecule has 0 unspecified atom stereocenters. The molecule has 17 heavy (non-hydrogen) atoms. The smallest absolute Gasteiger partial charge is 0.189 e. The average molecular weight is 233 g/mol. The van der Waals surface area contributed by atoms with Crippen molar-refractivity contribution in [3.63, 3.8) is 0 Å². The van der Waals surface area contributed by atoms with Crippen LogP contribution in [0.4, 0.5) is 0 Å². The van der Waals surface area contributed by atoms with Crippen LogP contribution in [0, 0.1) is 0 Å². The standard InChI is InChI=1S/C13H19N3O/c1-3-8-15-13(14)16-9-11-4-6-12(7-5-11)10-17-2/h3-7H,1,8-10H2,2H3,(H3,14,15,16). The van der Waals surface area contributed by atoms with E-state index in [-0.39, 0.29) is 0 Å². The maximum atomic E-state index is 5.66. The van der Waals surface area contributed by atoms with Gasteiger partial charge in [-0.1, -0.05) is 30.3 Å². The Bertz CT molecular complexity index is 371. The Balaban J connectivity index is 2.48. The van der Waals surface area contributed by atoms with Gasteiger partial charge in [-0.3, -0.25) is 0 Å². The number of guanidine groups is 1. The van der Waals surface area contributed by atoms with E-state index < -0.39 is 0 Å². The van der Waals surface area contributed by atoms with Crippen molar-refractivity contribution in [1.82, 2.24) is 5.32 Å². The zero-order chi connectivity index (χ0) is 12.5. The number of methoxy groups -OCH3 is 1. The molecule has 0 fully saturated rings. The lowest BCUT2D eigenvalue weighted by Gasteiger charge is -2.03. The number of nitrogens with two attached hydrogens (primary N) is 1. The van der Waals surface area contributed by atoms with E-state index in [2.05, 4.69) is 16.9 Å². The van der Waals surface area contributed by atoms with Crippen LogP contribution in [-0.2, 0) is 17.9 Å². The molecule has 0 heterocycles. The van der Waals surface area contributed by atoms with Crippen LogP contribution in [0.5, 0.6) is 0 Å². The molecule has 1 rings (SSSR count). The third-order valence-corrected chi connectivity index (χ3v) is 2.19. The maximum Gasteiger partial charge on any atom is 0.189 e. The molecule has 1 aromatic rings. The molecule has 92 valence electrons. The number of hydrogen-bond acceptors (Lipinski definition) is 2. The highest BCUT2D eigenvalue weighted by atomic mass is 16.5. The van der Waals surface area contributed by atoms with Gasteiger partial charge >= 0.3 is 0 Å². The van der Waals surface area contributed by atoms with Gasteiger partial charge < -0.3 is 15.8 Å². The highest BCUT2D eigenvalue weighted by Crippen LogP contribution is 2.06. The number of nitrogens with zero attached hydrogens (tertiary/aromatic N) is 1. The van der Waals surface area contributed by atoms with Crippen molar-refractivity contribution in [2.24, 2.45) is 10.7 Å². The molecule has 0 saturated heterocycles. The summed E-state index contributed by atoms with van der Waals surface area (Å²) in [4.78, 5) is 4.21. The summed E-state index contributed by atoms with van der Waals surface area (Å²) in [6.45, 7) is 5.42. The molecule has 0 bridgehead atoms. The molecule has 0 aromatic heterocycles. The average Bonchev–Trinajstić information content (AvgIpc) is 2.36. The van der Waals surface area contributed by atoms with Gasteiger partial charge in [-0.2, -0.15) is 0 Å². The Hall–Kier alpha value is -1.81. The Morgan fingerprint density at radius 3 is 2.65 bits per heavy atom. The van der Waals surface area contributed by atoms with E-state index in [4.69, 9.17) is 10.5 Å². The predicted molar refractivity (Wildman–Crippen MR) is 70.7 cm³/mol. The molecule has 4 heteroatoms. The Kier molecular flexibility index (Phi) is 5.82. The van der Waals surface area contributed by atoms with Gasteiger partial charge in [0.15, 0.2) is 5.96 Å². The predicted octanol–water partition coefficient (Wildman–Crippen LogP) is 1.42. The van der Waals surface area contributed by atoms with Crippen molar-refractivity contribution < 1.29 is 4.74 Å². The van der Waals surface area contributed by atoms with Gasteiger partial charge in [0.2, 0.25) is 0 Å². The van der Waals surface area contributed by atoms with Crippen LogP contribution in [0.25, 0.3) is 0 Å². The van der Waals surface area contributed by atoms with Crippen molar-refractivity contribution in [3.8, 4) is 0 Å². The molecule has 0 aliphatic carbocycles. The van der Waals surface area contributed by atoms with Crippen molar-refractivity contribution in [1.29, 1.82) is 0 Å². The van der Waals surface area contributed by atoms with Gasteiger partial charge in [0, 0.05) is 13.7 Å². The minimum atomic E-state index is 0.436. The first-order chi connectivity index (χ1) is 8.26. The molecular formula is C13H19N3O. The van der Waals surface area contributed by atoms with E-state index in [1.54, 1.807) is 13.2 Å². The van der Waals surface area contributed by atoms with Crippen LogP contribution in [0.2, 0.25) is 0 Å². The minimum Gasteiger partial charge on any atom is -0.380 e. The monoisotopic (exact) mass is 233 g/mol. The largest absolute Gasteiger partial charge is 0.380 e. The molecule has 4 nitrogen and oxygen atoms in total. The van der Waals surface area contributed by atoms with Crippen LogP contribution in [-0.4, -0.2) is 19.6 Å². The van der Waals surface area contributed by atoms with Crippen LogP contribution in [0.1, 0.15) is 11.1 Å². The van der Waals surface area contributed by atoms with E-state index in [0.717, 1.165) is 11.1 Å². The summed E-state index contributed by atoms with van der Waals surface area (Å²) in [7, 11) is 1.68. The molecule has 0 radical (unpaired) electrons. The first kappa shape index (κ1) is 13.3. The second kappa shape index (κ2) is 7.46. The van der Waals surface area contributed by atoms with Gasteiger partial charge in [0.1, 0.15) is 0 Å². The molecule has 0 saturated carbocycles. The SMILES string of the molecule is C=CCNC(N)=NCc1ccc(COC)cc1. The van der Waals surface area contributed by atoms with E-state index in [0.29, 0.717) is 25.7 Å². The summed E-state index contributed by atoms with van der Waals surface area (Å²) in [6, 6.07) is 8.11. The minimum absolute atomic E-state index is 0.436. The quantitative estimate of drug-likeness (QED) is 0.444. The lowest BCUT2D eigenvalue weighted by atomic mass is 10.1. The number of nitrogens with one attached hydrogen (secondary N) is 1. The second-order valence-corrected chi connectivity index (χ2v) is 3.62. The number of aliphatic imine (C=N–C) groups is 1. The Morgan fingerprint density at radius 2 is 2.06 bits per heavy atom. The summed E-state index contributed by atoms with van der Waals surface area (Å²) in [5, 5.41) is 2.92. The normalized spacial score (nSPS) is 11.2. The molecule has 0 aliphatic heterocycles. The lowest BCUT2D eigenvalue weighted by molar-refractivity contribution is 0.185. The third kappa shape index (κ3) is 5.17. The van der Waals surface area contributed by atoms with Gasteiger partial charge in [-0.15, -0.1) is 6.58 Å². The summed E-state index contributed by atoms with van der Waals surface area (Å²) < 4.78 is 5.04. The van der Waals surface area contributed by atoms with Gasteiger partial charge in [-0.25, -0.2) is 4.99 Å². The number of rotatable bonds is 6. The van der Waals surface area contributed by atoms with E-state index in [1.165, 1.54) is 0 Å². The second-order valence-electron chi connectivity index (χ2n) is 3.62. The molecule has 0 atom stereocenters. The van der Waals surface area contributed by atoms with Crippen LogP contribution in [0.15, 0.2) is 41.9 Å². The summed E-state index contributed by atoms with van der Waals surface area (Å²) >= 11 is 0. The summed E-state index contributed by atoms with van der Waals surface area (Å²) in [5.74, 6) is 0.436. The van der Waals surface area contributed by atoms with E-state index in [9.17, 15) is 0 Å². The van der Waals surface area contributed by atoms with Crippen LogP contribution < -0.4 is 11.1 Å². The fourth-order valence-corrected chi connectivity index (χ4v) is 1.32. The molecule has 0 spiro atoms. The fourth-order valence-electron chi connectivity index (χ4n) is 1.32. The van der Waals surface area contributed by atoms with Crippen LogP contribution >= 0.6 is 0 Å². The Labute approximate surface area is 102 Å². The van der Waals surface area contributed by atoms with Crippen molar-refractivity contribution in [3.05, 3.63) is 48.0 Å². The summed E-state index contributed by atoms with van der Waals surface area (Å²) in [6.07, 6.45) is 1.74. The topological polar surface area (TPSA) is 59.6 Å². The Morgan fingerprint density at radius 1 is 1.41 bits per heavy atom. The zero-order valence-electron chi connectivity index (χ0n) is 10.1.